The number of aryl methyl sites for hydroxylation is 2. The third kappa shape index (κ3) is 7.97. The van der Waals surface area contributed by atoms with Crippen LogP contribution >= 0.6 is 12.2 Å². The molecule has 0 atom stereocenters. The number of nitriles is 2. The average molecular weight is 487 g/mol. The first-order valence-electron chi connectivity index (χ1n) is 10.6. The van der Waals surface area contributed by atoms with Crippen LogP contribution in [0.1, 0.15) is 62.9 Å². The Bertz CT molecular complexity index is 1090. The molecule has 2 rings (SSSR count). The Hall–Kier alpha value is -3.23. The van der Waals surface area contributed by atoms with E-state index in [2.05, 4.69) is 60.6 Å². The maximum absolute atomic E-state index is 12.2. The first kappa shape index (κ1) is 28.8. The van der Waals surface area contributed by atoms with Gasteiger partial charge in [-0.05, 0) is 76.8 Å². The number of hydrogen-bond donors (Lipinski definition) is 0. The van der Waals surface area contributed by atoms with Crippen LogP contribution in [0.2, 0.25) is 0 Å². The lowest BCUT2D eigenvalue weighted by molar-refractivity contribution is -0.138. The molecule has 0 aliphatic carbocycles. The number of hydrogen-bond acceptors (Lipinski definition) is 4. The normalized spacial score (nSPS) is 10.9. The van der Waals surface area contributed by atoms with Crippen molar-refractivity contribution in [3.8, 4) is 12.1 Å². The van der Waals surface area contributed by atoms with Crippen LogP contribution in [0.4, 0.5) is 18.9 Å². The van der Waals surface area contributed by atoms with Gasteiger partial charge in [0.1, 0.15) is 6.07 Å². The molecule has 0 saturated heterocycles. The van der Waals surface area contributed by atoms with E-state index in [0.29, 0.717) is 12.0 Å². The van der Waals surface area contributed by atoms with Crippen molar-refractivity contribution in [3.63, 3.8) is 0 Å². The Labute approximate surface area is 205 Å². The maximum Gasteiger partial charge on any atom is 0.419 e. The molecule has 0 N–H and O–H groups in total. The predicted octanol–water partition coefficient (Wildman–Crippen LogP) is 7.32. The molecule has 0 radical (unpaired) electrons. The van der Waals surface area contributed by atoms with Crippen molar-refractivity contribution in [2.75, 3.05) is 4.90 Å². The molecule has 34 heavy (non-hydrogen) atoms. The number of thiocarbonyl (C=S) groups is 1. The lowest BCUT2D eigenvalue weighted by Gasteiger charge is -2.40. The second-order valence-electron chi connectivity index (χ2n) is 8.39. The second-order valence-corrected chi connectivity index (χ2v) is 8.98. The highest BCUT2D eigenvalue weighted by atomic mass is 32.1. The largest absolute Gasteiger partial charge is 0.419 e. The number of rotatable bonds is 6. The molecule has 0 bridgehead atoms. The number of halogens is 3. The molecule has 1 aromatic carbocycles. The maximum atomic E-state index is 12.2. The van der Waals surface area contributed by atoms with Crippen molar-refractivity contribution >= 4 is 22.9 Å². The minimum absolute atomic E-state index is 0.214. The second kappa shape index (κ2) is 12.3. The lowest BCUT2D eigenvalue weighted by Crippen LogP contribution is -2.47. The number of unbranched alkanes of at least 4 members (excludes halogenated alkanes) is 1. The van der Waals surface area contributed by atoms with Crippen LogP contribution in [0.15, 0.2) is 48.7 Å². The van der Waals surface area contributed by atoms with Gasteiger partial charge in [-0.2, -0.15) is 23.7 Å². The van der Waals surface area contributed by atoms with Crippen LogP contribution in [0.25, 0.3) is 0 Å². The van der Waals surface area contributed by atoms with Gasteiger partial charge in [0.25, 0.3) is 0 Å². The van der Waals surface area contributed by atoms with Crippen LogP contribution in [0, 0.1) is 29.6 Å². The zero-order chi connectivity index (χ0) is 26.1. The molecular formula is C26H29F3N4S. The molecule has 180 valence electrons. The van der Waals surface area contributed by atoms with E-state index in [1.54, 1.807) is 0 Å². The fraction of sp³-hybridized carbons (Fsp3) is 0.385. The quantitative estimate of drug-likeness (QED) is 0.243. The van der Waals surface area contributed by atoms with E-state index < -0.39 is 17.4 Å². The molecule has 0 fully saturated rings. The first-order valence-corrected chi connectivity index (χ1v) is 11.0. The molecule has 2 aromatic rings. The summed E-state index contributed by atoms with van der Waals surface area (Å²) in [5.74, 6) is 0. The summed E-state index contributed by atoms with van der Waals surface area (Å²) < 4.78 is 36.7. The van der Waals surface area contributed by atoms with E-state index >= 15 is 0 Å². The average Bonchev–Trinajstić information content (AvgIpc) is 2.74. The molecule has 0 spiro atoms. The highest BCUT2D eigenvalue weighted by Gasteiger charge is 2.34. The Balaban J connectivity index is 0.000000380. The fourth-order valence-corrected chi connectivity index (χ4v) is 3.48. The predicted molar refractivity (Wildman–Crippen MR) is 133 cm³/mol. The van der Waals surface area contributed by atoms with Gasteiger partial charge in [-0.25, -0.2) is 4.98 Å². The summed E-state index contributed by atoms with van der Waals surface area (Å²) in [5.41, 5.74) is 2.02. The van der Waals surface area contributed by atoms with Gasteiger partial charge in [-0.1, -0.05) is 36.5 Å². The van der Waals surface area contributed by atoms with Gasteiger partial charge < -0.3 is 4.90 Å². The van der Waals surface area contributed by atoms with Crippen molar-refractivity contribution in [1.29, 1.82) is 10.5 Å². The lowest BCUT2D eigenvalue weighted by atomic mass is 9.93. The van der Waals surface area contributed by atoms with Gasteiger partial charge in [0.2, 0.25) is 0 Å². The molecule has 0 amide bonds. The first-order chi connectivity index (χ1) is 15.7. The van der Waals surface area contributed by atoms with Crippen molar-refractivity contribution in [2.24, 2.45) is 0 Å². The van der Waals surface area contributed by atoms with Gasteiger partial charge in [-0.15, -0.1) is 0 Å². The molecule has 0 unspecified atom stereocenters. The summed E-state index contributed by atoms with van der Waals surface area (Å²) in [6, 6.07) is 12.9. The SMILES string of the molecule is C=C(C)C(C)(C)N(C(C)=S)c1ccc(CCCC#N)cc1.Cc1cnc(C#N)c(C(F)(F)F)c1. The molecule has 0 aliphatic heterocycles. The summed E-state index contributed by atoms with van der Waals surface area (Å²) in [5, 5.41) is 16.9. The molecule has 8 heteroatoms. The van der Waals surface area contributed by atoms with E-state index in [9.17, 15) is 13.2 Å². The van der Waals surface area contributed by atoms with Crippen molar-refractivity contribution in [3.05, 3.63) is 71.1 Å². The highest BCUT2D eigenvalue weighted by molar-refractivity contribution is 7.80. The van der Waals surface area contributed by atoms with Gasteiger partial charge >= 0.3 is 6.18 Å². The number of anilines is 1. The van der Waals surface area contributed by atoms with Crippen LogP contribution in [0.3, 0.4) is 0 Å². The van der Waals surface area contributed by atoms with Crippen molar-refractivity contribution < 1.29 is 13.2 Å². The summed E-state index contributed by atoms with van der Waals surface area (Å²) in [6.45, 7) is 13.8. The van der Waals surface area contributed by atoms with E-state index in [0.717, 1.165) is 35.2 Å². The molecule has 1 heterocycles. The van der Waals surface area contributed by atoms with Crippen LogP contribution in [0.5, 0.6) is 0 Å². The number of benzene rings is 1. The zero-order valence-corrected chi connectivity index (χ0v) is 20.9. The van der Waals surface area contributed by atoms with Crippen LogP contribution < -0.4 is 4.90 Å². The summed E-state index contributed by atoms with van der Waals surface area (Å²) >= 11 is 5.43. The number of aromatic nitrogens is 1. The van der Waals surface area contributed by atoms with Gasteiger partial charge in [-0.3, -0.25) is 0 Å². The number of nitrogens with zero attached hydrogens (tertiary/aromatic N) is 4. The topological polar surface area (TPSA) is 63.7 Å². The Morgan fingerprint density at radius 2 is 1.74 bits per heavy atom. The minimum Gasteiger partial charge on any atom is -0.327 e. The van der Waals surface area contributed by atoms with E-state index in [1.165, 1.54) is 24.8 Å². The Morgan fingerprint density at radius 3 is 2.18 bits per heavy atom. The third-order valence-electron chi connectivity index (χ3n) is 5.30. The van der Waals surface area contributed by atoms with Crippen molar-refractivity contribution in [2.45, 2.75) is 65.6 Å². The smallest absolute Gasteiger partial charge is 0.327 e. The number of alkyl halides is 3. The summed E-state index contributed by atoms with van der Waals surface area (Å²) in [6.07, 6.45) is -0.829. The van der Waals surface area contributed by atoms with Crippen LogP contribution in [-0.4, -0.2) is 15.5 Å². The van der Waals surface area contributed by atoms with E-state index in [4.69, 9.17) is 22.7 Å². The zero-order valence-electron chi connectivity index (χ0n) is 20.1. The molecule has 0 saturated carbocycles. The van der Waals surface area contributed by atoms with Crippen LogP contribution in [-0.2, 0) is 12.6 Å². The Kier molecular flexibility index (Phi) is 10.4. The van der Waals surface area contributed by atoms with Gasteiger partial charge in [0.05, 0.1) is 22.2 Å². The summed E-state index contributed by atoms with van der Waals surface area (Å²) in [4.78, 5) is 6.36. The monoisotopic (exact) mass is 486 g/mol. The van der Waals surface area contributed by atoms with E-state index in [-0.39, 0.29) is 5.54 Å². The Morgan fingerprint density at radius 1 is 1.15 bits per heavy atom. The third-order valence-corrected chi connectivity index (χ3v) is 5.49. The summed E-state index contributed by atoms with van der Waals surface area (Å²) in [7, 11) is 0. The van der Waals surface area contributed by atoms with Gasteiger partial charge in [0, 0.05) is 18.3 Å². The molecule has 1 aromatic heterocycles. The molecule has 0 aliphatic rings. The van der Waals surface area contributed by atoms with Gasteiger partial charge in [0.15, 0.2) is 5.69 Å². The molecule has 4 nitrogen and oxygen atoms in total. The molecular weight excluding hydrogens is 457 g/mol. The minimum atomic E-state index is -4.51. The standard InChI is InChI=1S/C18H24N2S.C8H5F3N2/c1-14(2)18(4,5)20(15(3)21)17-11-9-16(10-12-17)8-6-7-13-19;1-5-2-6(8(9,10)11)7(3-12)13-4-5/h9-12H,1,6-8H2,2-5H3;2,4H,1H3. The van der Waals surface area contributed by atoms with E-state index in [1.807, 2.05) is 13.8 Å². The number of pyridine rings is 1. The highest BCUT2D eigenvalue weighted by Crippen LogP contribution is 2.31. The van der Waals surface area contributed by atoms with Crippen molar-refractivity contribution in [1.82, 2.24) is 4.98 Å². The fourth-order valence-electron chi connectivity index (χ4n) is 3.15.